The van der Waals surface area contributed by atoms with Crippen LogP contribution in [0.2, 0.25) is 0 Å². The van der Waals surface area contributed by atoms with E-state index in [-0.39, 0.29) is 11.0 Å². The minimum atomic E-state index is 0.132. The third-order valence-electron chi connectivity index (χ3n) is 5.55. The molecule has 2 aliphatic carbocycles. The van der Waals surface area contributed by atoms with Crippen LogP contribution >= 0.6 is 11.3 Å². The topological polar surface area (TPSA) is 24.9 Å². The predicted octanol–water partition coefficient (Wildman–Crippen LogP) is 4.84. The van der Waals surface area contributed by atoms with Gasteiger partial charge in [0.2, 0.25) is 0 Å². The number of hydrogen-bond donors (Lipinski definition) is 1. The van der Waals surface area contributed by atoms with Gasteiger partial charge in [-0.15, -0.1) is 11.3 Å². The molecular formula is C18H30N2S. The van der Waals surface area contributed by atoms with Gasteiger partial charge in [0.05, 0.1) is 11.2 Å². The van der Waals surface area contributed by atoms with Gasteiger partial charge in [-0.3, -0.25) is 0 Å². The molecule has 0 aromatic carbocycles. The lowest BCUT2D eigenvalue weighted by Gasteiger charge is -2.45. The zero-order chi connectivity index (χ0) is 15.3. The number of hydrogen-bond acceptors (Lipinski definition) is 3. The van der Waals surface area contributed by atoms with E-state index in [1.807, 2.05) is 11.3 Å². The molecule has 0 spiro atoms. The molecule has 3 rings (SSSR count). The van der Waals surface area contributed by atoms with Crippen molar-refractivity contribution in [3.63, 3.8) is 0 Å². The Labute approximate surface area is 133 Å². The van der Waals surface area contributed by atoms with Gasteiger partial charge in [-0.25, -0.2) is 4.98 Å². The molecule has 1 aromatic rings. The van der Waals surface area contributed by atoms with Gasteiger partial charge in [0.25, 0.3) is 0 Å². The van der Waals surface area contributed by atoms with E-state index >= 15 is 0 Å². The molecule has 0 saturated heterocycles. The van der Waals surface area contributed by atoms with Crippen molar-refractivity contribution in [3.8, 4) is 0 Å². The van der Waals surface area contributed by atoms with E-state index in [1.165, 1.54) is 42.8 Å². The summed E-state index contributed by atoms with van der Waals surface area (Å²) < 4.78 is 0. The fourth-order valence-electron chi connectivity index (χ4n) is 3.65. The Hall–Kier alpha value is -0.410. The van der Waals surface area contributed by atoms with Crippen LogP contribution in [-0.4, -0.2) is 11.0 Å². The van der Waals surface area contributed by atoms with Crippen molar-refractivity contribution in [1.29, 1.82) is 0 Å². The Morgan fingerprint density at radius 1 is 1.24 bits per heavy atom. The molecule has 0 bridgehead atoms. The lowest BCUT2D eigenvalue weighted by molar-refractivity contribution is 0.101. The van der Waals surface area contributed by atoms with Crippen LogP contribution in [0.25, 0.3) is 0 Å². The molecule has 1 heterocycles. The van der Waals surface area contributed by atoms with E-state index in [0.29, 0.717) is 5.92 Å². The van der Waals surface area contributed by atoms with Gasteiger partial charge >= 0.3 is 0 Å². The highest BCUT2D eigenvalue weighted by Crippen LogP contribution is 2.47. The van der Waals surface area contributed by atoms with E-state index < -0.39 is 0 Å². The maximum Gasteiger partial charge on any atom is 0.113 e. The first-order chi connectivity index (χ1) is 9.83. The molecule has 3 unspecified atom stereocenters. The normalized spacial score (nSPS) is 34.1. The summed E-state index contributed by atoms with van der Waals surface area (Å²) in [5.74, 6) is 1.46. The second kappa shape index (κ2) is 5.34. The maximum absolute atomic E-state index is 5.10. The molecule has 0 amide bonds. The number of thiazole rings is 1. The van der Waals surface area contributed by atoms with Gasteiger partial charge < -0.3 is 5.32 Å². The van der Waals surface area contributed by atoms with Crippen LogP contribution in [-0.2, 0) is 11.0 Å². The SMILES string of the molecule is CC1CCCC(NC2CC2)(c2nc(C(C)(C)C)cs2)C1C. The van der Waals surface area contributed by atoms with Gasteiger partial charge in [-0.1, -0.05) is 47.5 Å². The van der Waals surface area contributed by atoms with Crippen LogP contribution in [0.3, 0.4) is 0 Å². The summed E-state index contributed by atoms with van der Waals surface area (Å²) in [7, 11) is 0. The molecule has 2 nitrogen and oxygen atoms in total. The molecule has 1 N–H and O–H groups in total. The maximum atomic E-state index is 5.10. The zero-order valence-corrected chi connectivity index (χ0v) is 15.0. The molecule has 0 aliphatic heterocycles. The minimum absolute atomic E-state index is 0.132. The van der Waals surface area contributed by atoms with Crippen LogP contribution in [0.4, 0.5) is 0 Å². The van der Waals surface area contributed by atoms with Crippen molar-refractivity contribution >= 4 is 11.3 Å². The van der Waals surface area contributed by atoms with Gasteiger partial charge in [0.1, 0.15) is 5.01 Å². The second-order valence-electron chi connectivity index (χ2n) is 8.34. The average molecular weight is 307 g/mol. The van der Waals surface area contributed by atoms with Gasteiger partial charge in [0.15, 0.2) is 0 Å². The highest BCUT2D eigenvalue weighted by Gasteiger charge is 2.47. The van der Waals surface area contributed by atoms with Crippen LogP contribution < -0.4 is 5.32 Å². The molecule has 1 aromatic heterocycles. The summed E-state index contributed by atoms with van der Waals surface area (Å²) in [6.45, 7) is 11.7. The Morgan fingerprint density at radius 3 is 2.52 bits per heavy atom. The largest absolute Gasteiger partial charge is 0.302 e. The Bertz CT molecular complexity index is 498. The highest BCUT2D eigenvalue weighted by atomic mass is 32.1. The van der Waals surface area contributed by atoms with Gasteiger partial charge in [0, 0.05) is 16.8 Å². The lowest BCUT2D eigenvalue weighted by atomic mass is 9.68. The average Bonchev–Trinajstić information content (AvgIpc) is 3.05. The molecule has 118 valence electrons. The summed E-state index contributed by atoms with van der Waals surface area (Å²) in [6, 6.07) is 0.736. The van der Waals surface area contributed by atoms with Crippen molar-refractivity contribution in [2.75, 3.05) is 0 Å². The van der Waals surface area contributed by atoms with Crippen LogP contribution in [0.15, 0.2) is 5.38 Å². The molecule has 2 saturated carbocycles. The summed E-state index contributed by atoms with van der Waals surface area (Å²) in [5.41, 5.74) is 1.54. The van der Waals surface area contributed by atoms with Gasteiger partial charge in [-0.2, -0.15) is 0 Å². The van der Waals surface area contributed by atoms with Crippen LogP contribution in [0, 0.1) is 11.8 Å². The Balaban J connectivity index is 1.96. The standard InChI is InChI=1S/C18H30N2S/c1-12-7-6-10-18(13(12)2,20-14-8-9-14)16-19-15(11-21-16)17(3,4)5/h11-14,20H,6-10H2,1-5H3. The molecule has 2 fully saturated rings. The van der Waals surface area contributed by atoms with E-state index in [4.69, 9.17) is 4.98 Å². The van der Waals surface area contributed by atoms with Gasteiger partial charge in [-0.05, 0) is 31.1 Å². The Morgan fingerprint density at radius 2 is 1.95 bits per heavy atom. The molecule has 2 aliphatic rings. The van der Waals surface area contributed by atoms with Crippen LogP contribution in [0.5, 0.6) is 0 Å². The van der Waals surface area contributed by atoms with Crippen molar-refractivity contribution in [1.82, 2.24) is 10.3 Å². The zero-order valence-electron chi connectivity index (χ0n) is 14.2. The first-order valence-electron chi connectivity index (χ1n) is 8.57. The highest BCUT2D eigenvalue weighted by molar-refractivity contribution is 7.09. The molecular weight excluding hydrogens is 276 g/mol. The minimum Gasteiger partial charge on any atom is -0.302 e. The van der Waals surface area contributed by atoms with Crippen molar-refractivity contribution in [2.24, 2.45) is 11.8 Å². The number of aromatic nitrogens is 1. The third kappa shape index (κ3) is 2.92. The number of nitrogens with zero attached hydrogens (tertiary/aromatic N) is 1. The summed E-state index contributed by atoms with van der Waals surface area (Å²) in [6.07, 6.45) is 6.65. The van der Waals surface area contributed by atoms with E-state index in [1.54, 1.807) is 0 Å². The molecule has 0 radical (unpaired) electrons. The lowest BCUT2D eigenvalue weighted by Crippen LogP contribution is -2.52. The summed E-state index contributed by atoms with van der Waals surface area (Å²) in [4.78, 5) is 5.10. The van der Waals surface area contributed by atoms with Crippen molar-refractivity contribution < 1.29 is 0 Å². The summed E-state index contributed by atoms with van der Waals surface area (Å²) in [5, 5.41) is 7.65. The predicted molar refractivity (Wildman–Crippen MR) is 90.8 cm³/mol. The van der Waals surface area contributed by atoms with E-state index in [0.717, 1.165) is 12.0 Å². The van der Waals surface area contributed by atoms with E-state index in [2.05, 4.69) is 45.3 Å². The molecule has 3 heteroatoms. The third-order valence-corrected chi connectivity index (χ3v) is 6.57. The number of rotatable bonds is 3. The second-order valence-corrected chi connectivity index (χ2v) is 9.19. The molecule has 3 atom stereocenters. The molecule has 21 heavy (non-hydrogen) atoms. The van der Waals surface area contributed by atoms with E-state index in [9.17, 15) is 0 Å². The first kappa shape index (κ1) is 15.5. The first-order valence-corrected chi connectivity index (χ1v) is 9.45. The Kier molecular flexibility index (Phi) is 3.94. The number of nitrogens with one attached hydrogen (secondary N) is 1. The van der Waals surface area contributed by atoms with Crippen molar-refractivity contribution in [2.45, 2.75) is 83.7 Å². The fraction of sp³-hybridized carbons (Fsp3) is 0.833. The summed E-state index contributed by atoms with van der Waals surface area (Å²) >= 11 is 1.88. The monoisotopic (exact) mass is 306 g/mol. The fourth-order valence-corrected chi connectivity index (χ4v) is 4.99. The van der Waals surface area contributed by atoms with Crippen molar-refractivity contribution in [3.05, 3.63) is 16.1 Å². The smallest absolute Gasteiger partial charge is 0.113 e. The quantitative estimate of drug-likeness (QED) is 0.864. The van der Waals surface area contributed by atoms with Crippen LogP contribution in [0.1, 0.15) is 77.4 Å².